The highest BCUT2D eigenvalue weighted by Crippen LogP contribution is 2.11. The Balaban J connectivity index is 2.78. The third kappa shape index (κ3) is 2.94. The molecular formula is C11H15FN2O. The lowest BCUT2D eigenvalue weighted by atomic mass is 10.1. The maximum absolute atomic E-state index is 13.1. The van der Waals surface area contributed by atoms with Gasteiger partial charge in [0.2, 0.25) is 0 Å². The van der Waals surface area contributed by atoms with Gasteiger partial charge in [0.05, 0.1) is 5.69 Å². The summed E-state index contributed by atoms with van der Waals surface area (Å²) in [6, 6.07) is 4.13. The first-order valence-electron chi connectivity index (χ1n) is 4.90. The van der Waals surface area contributed by atoms with Crippen molar-refractivity contribution < 1.29 is 9.18 Å². The summed E-state index contributed by atoms with van der Waals surface area (Å²) in [5.74, 6) is -0.838. The van der Waals surface area contributed by atoms with E-state index in [-0.39, 0.29) is 17.6 Å². The van der Waals surface area contributed by atoms with Crippen molar-refractivity contribution in [2.75, 3.05) is 5.73 Å². The van der Waals surface area contributed by atoms with Crippen molar-refractivity contribution in [2.24, 2.45) is 0 Å². The molecule has 0 saturated carbocycles. The minimum Gasteiger partial charge on any atom is -0.396 e. The molecule has 0 bridgehead atoms. The number of nitrogens with two attached hydrogens (primary N) is 1. The van der Waals surface area contributed by atoms with Gasteiger partial charge in [0.15, 0.2) is 0 Å². The molecule has 15 heavy (non-hydrogen) atoms. The fourth-order valence-corrected chi connectivity index (χ4v) is 1.08. The predicted molar refractivity (Wildman–Crippen MR) is 58.0 cm³/mol. The van der Waals surface area contributed by atoms with Gasteiger partial charge in [0, 0.05) is 11.6 Å². The van der Waals surface area contributed by atoms with E-state index in [0.29, 0.717) is 5.56 Å². The normalized spacial score (nSPS) is 12.2. The van der Waals surface area contributed by atoms with Gasteiger partial charge in [-0.2, -0.15) is 0 Å². The van der Waals surface area contributed by atoms with Crippen LogP contribution in [0.1, 0.15) is 30.6 Å². The summed E-state index contributed by atoms with van der Waals surface area (Å²) in [4.78, 5) is 11.6. The maximum Gasteiger partial charge on any atom is 0.251 e. The number of nitrogens with one attached hydrogen (secondary N) is 1. The van der Waals surface area contributed by atoms with E-state index in [1.807, 2.05) is 13.8 Å². The van der Waals surface area contributed by atoms with Crippen LogP contribution in [0.4, 0.5) is 10.1 Å². The second kappa shape index (κ2) is 4.77. The van der Waals surface area contributed by atoms with Crippen LogP contribution in [0.15, 0.2) is 18.2 Å². The van der Waals surface area contributed by atoms with Crippen LogP contribution >= 0.6 is 0 Å². The van der Waals surface area contributed by atoms with Crippen molar-refractivity contribution in [3.05, 3.63) is 29.6 Å². The van der Waals surface area contributed by atoms with E-state index < -0.39 is 5.82 Å². The topological polar surface area (TPSA) is 55.1 Å². The zero-order valence-electron chi connectivity index (χ0n) is 8.88. The molecule has 3 nitrogen and oxygen atoms in total. The highest BCUT2D eigenvalue weighted by Gasteiger charge is 2.10. The highest BCUT2D eigenvalue weighted by atomic mass is 19.1. The summed E-state index contributed by atoms with van der Waals surface area (Å²) in [6.07, 6.45) is 0.837. The zero-order chi connectivity index (χ0) is 11.4. The van der Waals surface area contributed by atoms with E-state index in [1.54, 1.807) is 0 Å². The number of carbonyl (C=O) groups is 1. The van der Waals surface area contributed by atoms with Crippen LogP contribution < -0.4 is 11.1 Å². The molecule has 82 valence electrons. The Labute approximate surface area is 88.5 Å². The molecule has 1 unspecified atom stereocenters. The number of anilines is 1. The van der Waals surface area contributed by atoms with Crippen LogP contribution in [-0.4, -0.2) is 11.9 Å². The first-order valence-corrected chi connectivity index (χ1v) is 4.90. The lowest BCUT2D eigenvalue weighted by molar-refractivity contribution is 0.0939. The summed E-state index contributed by atoms with van der Waals surface area (Å²) in [5.41, 5.74) is 5.65. The molecule has 1 aromatic carbocycles. The average Bonchev–Trinajstić information content (AvgIpc) is 2.21. The standard InChI is InChI=1S/C11H15FN2O/c1-3-7(2)14-11(15)8-4-5-10(13)9(12)6-8/h4-7H,3,13H2,1-2H3,(H,14,15). The third-order valence-electron chi connectivity index (χ3n) is 2.25. The molecule has 1 amide bonds. The Bertz CT molecular complexity index is 366. The fraction of sp³-hybridized carbons (Fsp3) is 0.364. The van der Waals surface area contributed by atoms with E-state index in [9.17, 15) is 9.18 Å². The van der Waals surface area contributed by atoms with Gasteiger partial charge in [-0.1, -0.05) is 6.92 Å². The Hall–Kier alpha value is -1.58. The van der Waals surface area contributed by atoms with Gasteiger partial charge in [-0.25, -0.2) is 4.39 Å². The number of halogens is 1. The molecule has 0 fully saturated rings. The van der Waals surface area contributed by atoms with E-state index >= 15 is 0 Å². The van der Waals surface area contributed by atoms with Gasteiger partial charge in [0.25, 0.3) is 5.91 Å². The summed E-state index contributed by atoms with van der Waals surface area (Å²) in [7, 11) is 0. The molecule has 3 N–H and O–H groups in total. The lowest BCUT2D eigenvalue weighted by Crippen LogP contribution is -2.31. The van der Waals surface area contributed by atoms with Crippen LogP contribution in [0.5, 0.6) is 0 Å². The second-order valence-corrected chi connectivity index (χ2v) is 3.52. The molecule has 0 spiro atoms. The quantitative estimate of drug-likeness (QED) is 0.749. The van der Waals surface area contributed by atoms with Gasteiger partial charge in [-0.3, -0.25) is 4.79 Å². The Morgan fingerprint density at radius 1 is 1.60 bits per heavy atom. The van der Waals surface area contributed by atoms with Crippen LogP contribution in [-0.2, 0) is 0 Å². The molecule has 1 atom stereocenters. The smallest absolute Gasteiger partial charge is 0.251 e. The second-order valence-electron chi connectivity index (χ2n) is 3.52. The largest absolute Gasteiger partial charge is 0.396 e. The Morgan fingerprint density at radius 2 is 2.27 bits per heavy atom. The monoisotopic (exact) mass is 210 g/mol. The molecular weight excluding hydrogens is 195 g/mol. The number of carbonyl (C=O) groups excluding carboxylic acids is 1. The van der Waals surface area contributed by atoms with Gasteiger partial charge in [-0.05, 0) is 31.5 Å². The lowest BCUT2D eigenvalue weighted by Gasteiger charge is -2.11. The first-order chi connectivity index (χ1) is 7.04. The van der Waals surface area contributed by atoms with Gasteiger partial charge >= 0.3 is 0 Å². The van der Waals surface area contributed by atoms with E-state index in [2.05, 4.69) is 5.32 Å². The number of rotatable bonds is 3. The maximum atomic E-state index is 13.1. The van der Waals surface area contributed by atoms with Crippen molar-refractivity contribution >= 4 is 11.6 Å². The molecule has 0 aromatic heterocycles. The minimum absolute atomic E-state index is 0.0510. The number of hydrogen-bond acceptors (Lipinski definition) is 2. The zero-order valence-corrected chi connectivity index (χ0v) is 8.88. The summed E-state index contributed by atoms with van der Waals surface area (Å²) in [5, 5.41) is 2.75. The van der Waals surface area contributed by atoms with Crippen LogP contribution in [0.25, 0.3) is 0 Å². The van der Waals surface area contributed by atoms with E-state index in [4.69, 9.17) is 5.73 Å². The van der Waals surface area contributed by atoms with Crippen LogP contribution in [0.2, 0.25) is 0 Å². The number of amides is 1. The van der Waals surface area contributed by atoms with Gasteiger partial charge in [0.1, 0.15) is 5.82 Å². The molecule has 0 aliphatic carbocycles. The van der Waals surface area contributed by atoms with Crippen molar-refractivity contribution in [2.45, 2.75) is 26.3 Å². The van der Waals surface area contributed by atoms with Crippen LogP contribution in [0.3, 0.4) is 0 Å². The third-order valence-corrected chi connectivity index (χ3v) is 2.25. The number of nitrogen functional groups attached to an aromatic ring is 1. The van der Waals surface area contributed by atoms with E-state index in [1.165, 1.54) is 12.1 Å². The van der Waals surface area contributed by atoms with Gasteiger partial charge < -0.3 is 11.1 Å². The number of benzene rings is 1. The Morgan fingerprint density at radius 3 is 2.80 bits per heavy atom. The van der Waals surface area contributed by atoms with E-state index in [0.717, 1.165) is 12.5 Å². The molecule has 0 aliphatic rings. The van der Waals surface area contributed by atoms with Crippen LogP contribution in [0, 0.1) is 5.82 Å². The molecule has 0 saturated heterocycles. The molecule has 0 radical (unpaired) electrons. The summed E-state index contributed by atoms with van der Waals surface area (Å²) < 4.78 is 13.1. The molecule has 1 rings (SSSR count). The van der Waals surface area contributed by atoms with Crippen molar-refractivity contribution in [3.8, 4) is 0 Å². The molecule has 1 aromatic rings. The Kier molecular flexibility index (Phi) is 3.66. The predicted octanol–water partition coefficient (Wildman–Crippen LogP) is 1.94. The van der Waals surface area contributed by atoms with Crippen molar-refractivity contribution in [3.63, 3.8) is 0 Å². The minimum atomic E-state index is -0.563. The fourth-order valence-electron chi connectivity index (χ4n) is 1.08. The molecule has 0 aliphatic heterocycles. The highest BCUT2D eigenvalue weighted by molar-refractivity contribution is 5.94. The number of hydrogen-bond donors (Lipinski definition) is 2. The molecule has 0 heterocycles. The first kappa shape index (κ1) is 11.5. The van der Waals surface area contributed by atoms with Crippen molar-refractivity contribution in [1.82, 2.24) is 5.32 Å². The SMILES string of the molecule is CCC(C)NC(=O)c1ccc(N)c(F)c1. The van der Waals surface area contributed by atoms with Crippen molar-refractivity contribution in [1.29, 1.82) is 0 Å². The van der Waals surface area contributed by atoms with Gasteiger partial charge in [-0.15, -0.1) is 0 Å². The molecule has 4 heteroatoms. The average molecular weight is 210 g/mol. The summed E-state index contributed by atoms with van der Waals surface area (Å²) >= 11 is 0. The summed E-state index contributed by atoms with van der Waals surface area (Å²) in [6.45, 7) is 3.86.